The van der Waals surface area contributed by atoms with E-state index in [-0.39, 0.29) is 5.91 Å². The van der Waals surface area contributed by atoms with E-state index in [0.717, 1.165) is 27.2 Å². The minimum atomic E-state index is -0.0954. The lowest BCUT2D eigenvalue weighted by atomic mass is 10.1. The Balaban J connectivity index is 1.78. The van der Waals surface area contributed by atoms with Crippen molar-refractivity contribution in [1.82, 2.24) is 0 Å². The molecule has 0 aromatic heterocycles. The Labute approximate surface area is 149 Å². The molecule has 2 aromatic carbocycles. The number of ether oxygens (including phenoxy) is 1. The number of anilines is 1. The first kappa shape index (κ1) is 18.0. The Hall–Kier alpha value is -2.34. The van der Waals surface area contributed by atoms with Crippen molar-refractivity contribution < 1.29 is 14.4 Å². The first-order chi connectivity index (χ1) is 11.5. The van der Waals surface area contributed by atoms with Gasteiger partial charge in [0.05, 0.1) is 5.71 Å². The highest BCUT2D eigenvalue weighted by Crippen LogP contribution is 2.17. The van der Waals surface area contributed by atoms with Gasteiger partial charge in [-0.25, -0.2) is 0 Å². The van der Waals surface area contributed by atoms with E-state index in [2.05, 4.69) is 26.4 Å². The third-order valence-corrected chi connectivity index (χ3v) is 3.56. The summed E-state index contributed by atoms with van der Waals surface area (Å²) in [6, 6.07) is 15.0. The van der Waals surface area contributed by atoms with Crippen molar-refractivity contribution in [3.63, 3.8) is 0 Å². The minimum Gasteiger partial charge on any atom is -0.490 e. The summed E-state index contributed by atoms with van der Waals surface area (Å²) in [5, 5.41) is 6.79. The number of hydrogen-bond donors (Lipinski definition) is 1. The fourth-order valence-corrected chi connectivity index (χ4v) is 2.33. The molecule has 0 unspecified atom stereocenters. The Morgan fingerprint density at radius 2 is 1.88 bits per heavy atom. The average Bonchev–Trinajstić information content (AvgIpc) is 2.54. The van der Waals surface area contributed by atoms with Gasteiger partial charge < -0.3 is 14.9 Å². The third-order valence-electron chi connectivity index (χ3n) is 3.06. The van der Waals surface area contributed by atoms with Crippen molar-refractivity contribution in [2.75, 3.05) is 18.5 Å². The normalized spacial score (nSPS) is 11.0. The highest BCUT2D eigenvalue weighted by atomic mass is 79.9. The zero-order valence-corrected chi connectivity index (χ0v) is 15.2. The molecule has 0 saturated heterocycles. The van der Waals surface area contributed by atoms with Crippen LogP contribution in [0, 0.1) is 0 Å². The molecule has 1 N–H and O–H groups in total. The van der Waals surface area contributed by atoms with E-state index in [4.69, 9.17) is 9.57 Å². The summed E-state index contributed by atoms with van der Waals surface area (Å²) in [5.41, 5.74) is 2.44. The number of carbonyl (C=O) groups excluding carboxylic acids is 1. The number of rotatable bonds is 7. The van der Waals surface area contributed by atoms with Crippen molar-refractivity contribution in [2.24, 2.45) is 5.16 Å². The topological polar surface area (TPSA) is 59.9 Å². The van der Waals surface area contributed by atoms with Gasteiger partial charge in [-0.15, -0.1) is 0 Å². The van der Waals surface area contributed by atoms with Crippen molar-refractivity contribution >= 4 is 33.2 Å². The van der Waals surface area contributed by atoms with Crippen molar-refractivity contribution in [3.8, 4) is 5.75 Å². The van der Waals surface area contributed by atoms with Crippen LogP contribution in [0.2, 0.25) is 0 Å². The summed E-state index contributed by atoms with van der Waals surface area (Å²) < 4.78 is 6.53. The van der Waals surface area contributed by atoms with Crippen LogP contribution in [0.3, 0.4) is 0 Å². The molecule has 0 saturated carbocycles. The zero-order chi connectivity index (χ0) is 17.4. The first-order valence-electron chi connectivity index (χ1n) is 7.47. The number of halogens is 1. The van der Waals surface area contributed by atoms with Crippen LogP contribution in [0.5, 0.6) is 5.75 Å². The fraction of sp³-hybridized carbons (Fsp3) is 0.222. The molecule has 0 spiro atoms. The number of nitrogens with zero attached hydrogens (tertiary/aromatic N) is 1. The smallest absolute Gasteiger partial charge is 0.221 e. The second-order valence-corrected chi connectivity index (χ2v) is 5.99. The fourth-order valence-electron chi connectivity index (χ4n) is 1.95. The predicted molar refractivity (Wildman–Crippen MR) is 98.5 cm³/mol. The van der Waals surface area contributed by atoms with Crippen LogP contribution in [-0.4, -0.2) is 24.8 Å². The van der Waals surface area contributed by atoms with Gasteiger partial charge in [0.15, 0.2) is 6.61 Å². The number of amides is 1. The summed E-state index contributed by atoms with van der Waals surface area (Å²) in [6.07, 6.45) is 0. The first-order valence-corrected chi connectivity index (χ1v) is 8.27. The second kappa shape index (κ2) is 9.08. The second-order valence-electron chi connectivity index (χ2n) is 5.07. The summed E-state index contributed by atoms with van der Waals surface area (Å²) in [5.74, 6) is 0.684. The van der Waals surface area contributed by atoms with E-state index in [0.29, 0.717) is 13.2 Å². The number of benzene rings is 2. The molecule has 6 heteroatoms. The Morgan fingerprint density at radius 3 is 2.54 bits per heavy atom. The molecule has 5 nitrogen and oxygen atoms in total. The Kier molecular flexibility index (Phi) is 6.81. The summed E-state index contributed by atoms with van der Waals surface area (Å²) >= 11 is 3.39. The van der Waals surface area contributed by atoms with Crippen molar-refractivity contribution in [3.05, 3.63) is 58.6 Å². The van der Waals surface area contributed by atoms with Gasteiger partial charge in [0.2, 0.25) is 5.91 Å². The molecule has 0 atom stereocenters. The lowest BCUT2D eigenvalue weighted by molar-refractivity contribution is -0.114. The molecule has 0 heterocycles. The van der Waals surface area contributed by atoms with Gasteiger partial charge in [-0.2, -0.15) is 0 Å². The Morgan fingerprint density at radius 1 is 1.12 bits per heavy atom. The molecule has 0 bridgehead atoms. The van der Waals surface area contributed by atoms with E-state index >= 15 is 0 Å². The molecule has 24 heavy (non-hydrogen) atoms. The Bertz CT molecular complexity index is 714. The highest BCUT2D eigenvalue weighted by Gasteiger charge is 2.00. The molecule has 0 radical (unpaired) electrons. The van der Waals surface area contributed by atoms with Crippen LogP contribution in [0.25, 0.3) is 0 Å². The SMILES string of the molecule is CC(=O)Nc1ccc(/C(C)=N/OCCOc2cccc(Br)c2)cc1. The number of nitrogens with one attached hydrogen (secondary N) is 1. The van der Waals surface area contributed by atoms with Crippen molar-refractivity contribution in [2.45, 2.75) is 13.8 Å². The molecule has 2 aromatic rings. The lowest BCUT2D eigenvalue weighted by Gasteiger charge is -2.07. The largest absolute Gasteiger partial charge is 0.490 e. The maximum absolute atomic E-state index is 11.0. The zero-order valence-electron chi connectivity index (χ0n) is 13.6. The summed E-state index contributed by atoms with van der Waals surface area (Å²) in [4.78, 5) is 16.3. The van der Waals surface area contributed by atoms with Crippen LogP contribution < -0.4 is 10.1 Å². The molecule has 0 aliphatic heterocycles. The van der Waals surface area contributed by atoms with Gasteiger partial charge in [0, 0.05) is 17.1 Å². The molecule has 2 rings (SSSR count). The van der Waals surface area contributed by atoms with Crippen LogP contribution >= 0.6 is 15.9 Å². The third kappa shape index (κ3) is 6.04. The van der Waals surface area contributed by atoms with Gasteiger partial charge in [-0.1, -0.05) is 39.3 Å². The summed E-state index contributed by atoms with van der Waals surface area (Å²) in [7, 11) is 0. The van der Waals surface area contributed by atoms with E-state index in [9.17, 15) is 4.79 Å². The van der Waals surface area contributed by atoms with Gasteiger partial charge in [0.1, 0.15) is 12.4 Å². The van der Waals surface area contributed by atoms with Gasteiger partial charge in [-0.05, 0) is 42.8 Å². The highest BCUT2D eigenvalue weighted by molar-refractivity contribution is 9.10. The number of hydrogen-bond acceptors (Lipinski definition) is 4. The lowest BCUT2D eigenvalue weighted by Crippen LogP contribution is -2.07. The molecule has 126 valence electrons. The van der Waals surface area contributed by atoms with Gasteiger partial charge >= 0.3 is 0 Å². The van der Waals surface area contributed by atoms with Crippen molar-refractivity contribution in [1.29, 1.82) is 0 Å². The maximum Gasteiger partial charge on any atom is 0.221 e. The number of carbonyl (C=O) groups is 1. The number of oxime groups is 1. The van der Waals surface area contributed by atoms with Gasteiger partial charge in [0.25, 0.3) is 0 Å². The molecular formula is C18H19BrN2O3. The minimum absolute atomic E-state index is 0.0954. The maximum atomic E-state index is 11.0. The molecule has 1 amide bonds. The van der Waals surface area contributed by atoms with Crippen LogP contribution in [-0.2, 0) is 9.63 Å². The molecule has 0 aliphatic carbocycles. The average molecular weight is 391 g/mol. The van der Waals surface area contributed by atoms with Crippen LogP contribution in [0.15, 0.2) is 58.2 Å². The molecule has 0 fully saturated rings. The van der Waals surface area contributed by atoms with Crippen LogP contribution in [0.4, 0.5) is 5.69 Å². The quantitative estimate of drug-likeness (QED) is 0.437. The van der Waals surface area contributed by atoms with Crippen LogP contribution in [0.1, 0.15) is 19.4 Å². The predicted octanol–water partition coefficient (Wildman–Crippen LogP) is 4.23. The molecular weight excluding hydrogens is 372 g/mol. The van der Waals surface area contributed by atoms with E-state index in [1.165, 1.54) is 6.92 Å². The van der Waals surface area contributed by atoms with E-state index < -0.39 is 0 Å². The van der Waals surface area contributed by atoms with Gasteiger partial charge in [-0.3, -0.25) is 4.79 Å². The standard InChI is InChI=1S/C18H19BrN2O3/c1-13(15-6-8-17(9-7-15)20-14(2)22)21-24-11-10-23-18-5-3-4-16(19)12-18/h3-9,12H,10-11H2,1-2H3,(H,20,22)/b21-13+. The molecule has 0 aliphatic rings. The van der Waals surface area contributed by atoms with E-state index in [1.54, 1.807) is 0 Å². The monoisotopic (exact) mass is 390 g/mol. The summed E-state index contributed by atoms with van der Waals surface area (Å²) in [6.45, 7) is 4.11. The van der Waals surface area contributed by atoms with E-state index in [1.807, 2.05) is 55.5 Å².